The summed E-state index contributed by atoms with van der Waals surface area (Å²) in [5.74, 6) is 0. The van der Waals surface area contributed by atoms with Crippen LogP contribution in [0.15, 0.2) is 49.1 Å². The van der Waals surface area contributed by atoms with Gasteiger partial charge in [0, 0.05) is 18.3 Å². The molecule has 0 saturated carbocycles. The molecule has 2 nitrogen and oxygen atoms in total. The second kappa shape index (κ2) is 7.29. The molecule has 0 bridgehead atoms. The Labute approximate surface area is 121 Å². The molecule has 0 saturated heterocycles. The molecule has 0 aromatic heterocycles. The van der Waals surface area contributed by atoms with Gasteiger partial charge in [0.2, 0.25) is 0 Å². The van der Waals surface area contributed by atoms with Crippen molar-refractivity contribution in [2.75, 3.05) is 12.4 Å². The van der Waals surface area contributed by atoms with Gasteiger partial charge < -0.3 is 5.32 Å². The van der Waals surface area contributed by atoms with Crippen LogP contribution in [0.3, 0.4) is 0 Å². The van der Waals surface area contributed by atoms with E-state index in [0.717, 1.165) is 28.0 Å². The summed E-state index contributed by atoms with van der Waals surface area (Å²) in [5, 5.41) is 11.7. The zero-order valence-electron chi connectivity index (χ0n) is 12.5. The molecular weight excluding hydrogens is 244 g/mol. The lowest BCUT2D eigenvalue weighted by Gasteiger charge is -2.16. The van der Waals surface area contributed by atoms with Crippen LogP contribution < -0.4 is 5.32 Å². The van der Waals surface area contributed by atoms with Crippen molar-refractivity contribution in [1.82, 2.24) is 0 Å². The quantitative estimate of drug-likeness (QED) is 0.557. The second-order valence-electron chi connectivity index (χ2n) is 4.27. The van der Waals surface area contributed by atoms with Crippen LogP contribution in [0.1, 0.15) is 30.5 Å². The normalized spacial score (nSPS) is 11.4. The average Bonchev–Trinajstić information content (AvgIpc) is 2.50. The summed E-state index contributed by atoms with van der Waals surface area (Å²) in [5.41, 5.74) is 5.04. The zero-order chi connectivity index (χ0) is 15.1. The van der Waals surface area contributed by atoms with Crippen LogP contribution in [0.2, 0.25) is 0 Å². The van der Waals surface area contributed by atoms with Crippen LogP contribution in [0.25, 0.3) is 12.2 Å². The summed E-state index contributed by atoms with van der Waals surface area (Å²) >= 11 is 0. The van der Waals surface area contributed by atoms with Crippen molar-refractivity contribution in [3.63, 3.8) is 0 Å². The van der Waals surface area contributed by atoms with Gasteiger partial charge in [-0.05, 0) is 36.6 Å². The molecule has 104 valence electrons. The minimum atomic E-state index is 0.480. The summed E-state index contributed by atoms with van der Waals surface area (Å²) in [6, 6.07) is 3.95. The summed E-state index contributed by atoms with van der Waals surface area (Å²) in [6.45, 7) is 11.6. The fraction of sp³-hybridized carbons (Fsp3) is 0.167. The number of anilines is 1. The maximum atomic E-state index is 8.51. The fourth-order valence-corrected chi connectivity index (χ4v) is 2.16. The SMILES string of the molecule is C=Cc1ccc(NC)c(C(=N)C(/C=C\C)=C/C)c1C=C. The Hall–Kier alpha value is -2.35. The Bertz CT molecular complexity index is 590. The molecule has 0 atom stereocenters. The number of hydrogen-bond donors (Lipinski definition) is 2. The minimum Gasteiger partial charge on any atom is -0.388 e. The molecule has 0 aliphatic carbocycles. The van der Waals surface area contributed by atoms with Crippen LogP contribution in [0, 0.1) is 5.41 Å². The number of benzene rings is 1. The van der Waals surface area contributed by atoms with Crippen LogP contribution >= 0.6 is 0 Å². The summed E-state index contributed by atoms with van der Waals surface area (Å²) in [4.78, 5) is 0. The standard InChI is InChI=1S/C18H22N2/c1-6-10-14(8-3)18(19)17-15(9-4)13(7-2)11-12-16(17)20-5/h6-12,19-20H,2,4H2,1,3,5H3/b10-6-,14-8+,19-18?. The Balaban J connectivity index is 3.59. The highest BCUT2D eigenvalue weighted by Gasteiger charge is 2.15. The smallest absolute Gasteiger partial charge is 0.0708 e. The molecule has 20 heavy (non-hydrogen) atoms. The highest BCUT2D eigenvalue weighted by Crippen LogP contribution is 2.28. The molecule has 1 aromatic rings. The predicted molar refractivity (Wildman–Crippen MR) is 91.6 cm³/mol. The van der Waals surface area contributed by atoms with Gasteiger partial charge in [-0.1, -0.05) is 49.6 Å². The molecule has 0 amide bonds. The van der Waals surface area contributed by atoms with Gasteiger partial charge in [-0.25, -0.2) is 0 Å². The zero-order valence-corrected chi connectivity index (χ0v) is 12.5. The van der Waals surface area contributed by atoms with Gasteiger partial charge >= 0.3 is 0 Å². The summed E-state index contributed by atoms with van der Waals surface area (Å²) < 4.78 is 0. The minimum absolute atomic E-state index is 0.480. The van der Waals surface area contributed by atoms with Gasteiger partial charge in [0.1, 0.15) is 0 Å². The van der Waals surface area contributed by atoms with Crippen molar-refractivity contribution in [1.29, 1.82) is 5.41 Å². The Morgan fingerprint density at radius 2 is 1.90 bits per heavy atom. The van der Waals surface area contributed by atoms with E-state index < -0.39 is 0 Å². The number of allylic oxidation sites excluding steroid dienone is 4. The molecule has 1 aromatic carbocycles. The van der Waals surface area contributed by atoms with Crippen molar-refractivity contribution in [3.8, 4) is 0 Å². The molecule has 2 heteroatoms. The predicted octanol–water partition coefficient (Wildman–Crippen LogP) is 4.90. The van der Waals surface area contributed by atoms with Crippen LogP contribution in [0.5, 0.6) is 0 Å². The van der Waals surface area contributed by atoms with Crippen LogP contribution in [-0.2, 0) is 0 Å². The lowest BCUT2D eigenvalue weighted by molar-refractivity contribution is 1.41. The fourth-order valence-electron chi connectivity index (χ4n) is 2.16. The van der Waals surface area contributed by atoms with E-state index in [9.17, 15) is 0 Å². The molecule has 2 N–H and O–H groups in total. The van der Waals surface area contributed by atoms with Crippen molar-refractivity contribution >= 4 is 23.6 Å². The Kier molecular flexibility index (Phi) is 5.73. The Morgan fingerprint density at radius 1 is 1.20 bits per heavy atom. The van der Waals surface area contributed by atoms with E-state index in [2.05, 4.69) is 18.5 Å². The molecule has 0 spiro atoms. The first kappa shape index (κ1) is 15.7. The first-order valence-electron chi connectivity index (χ1n) is 6.62. The van der Waals surface area contributed by atoms with E-state index in [1.54, 1.807) is 12.2 Å². The third-order valence-corrected chi connectivity index (χ3v) is 3.17. The van der Waals surface area contributed by atoms with E-state index in [4.69, 9.17) is 5.41 Å². The lowest BCUT2D eigenvalue weighted by atomic mass is 9.91. The van der Waals surface area contributed by atoms with Crippen LogP contribution in [0.4, 0.5) is 5.69 Å². The van der Waals surface area contributed by atoms with Crippen molar-refractivity contribution < 1.29 is 0 Å². The second-order valence-corrected chi connectivity index (χ2v) is 4.27. The molecule has 0 unspecified atom stereocenters. The topological polar surface area (TPSA) is 35.9 Å². The molecule has 0 radical (unpaired) electrons. The first-order valence-corrected chi connectivity index (χ1v) is 6.62. The van der Waals surface area contributed by atoms with Gasteiger partial charge in [-0.2, -0.15) is 0 Å². The van der Waals surface area contributed by atoms with Gasteiger partial charge in [0.05, 0.1) is 5.71 Å². The average molecular weight is 266 g/mol. The maximum absolute atomic E-state index is 8.51. The van der Waals surface area contributed by atoms with Crippen molar-refractivity contribution in [2.24, 2.45) is 0 Å². The maximum Gasteiger partial charge on any atom is 0.0708 e. The van der Waals surface area contributed by atoms with Gasteiger partial charge in [-0.15, -0.1) is 0 Å². The molecule has 0 heterocycles. The van der Waals surface area contributed by atoms with E-state index >= 15 is 0 Å². The monoisotopic (exact) mass is 266 g/mol. The summed E-state index contributed by atoms with van der Waals surface area (Å²) in [6.07, 6.45) is 9.39. The first-order chi connectivity index (χ1) is 9.64. The van der Waals surface area contributed by atoms with Crippen LogP contribution in [-0.4, -0.2) is 12.8 Å². The molecular formula is C18H22N2. The molecule has 1 rings (SSSR count). The summed E-state index contributed by atoms with van der Waals surface area (Å²) in [7, 11) is 1.86. The van der Waals surface area contributed by atoms with E-state index in [1.165, 1.54) is 0 Å². The molecule has 0 aliphatic rings. The number of rotatable bonds is 6. The number of hydrogen-bond acceptors (Lipinski definition) is 2. The highest BCUT2D eigenvalue weighted by atomic mass is 14.8. The largest absolute Gasteiger partial charge is 0.388 e. The number of nitrogens with one attached hydrogen (secondary N) is 2. The van der Waals surface area contributed by atoms with Crippen molar-refractivity contribution in [2.45, 2.75) is 13.8 Å². The highest BCUT2D eigenvalue weighted by molar-refractivity contribution is 6.17. The molecule has 0 fully saturated rings. The van der Waals surface area contributed by atoms with E-state index in [-0.39, 0.29) is 0 Å². The van der Waals surface area contributed by atoms with Gasteiger partial charge in [-0.3, -0.25) is 5.41 Å². The van der Waals surface area contributed by atoms with E-state index in [0.29, 0.717) is 5.71 Å². The van der Waals surface area contributed by atoms with Crippen molar-refractivity contribution in [3.05, 3.63) is 65.8 Å². The van der Waals surface area contributed by atoms with E-state index in [1.807, 2.05) is 51.3 Å². The third-order valence-electron chi connectivity index (χ3n) is 3.17. The van der Waals surface area contributed by atoms with Gasteiger partial charge in [0.15, 0.2) is 0 Å². The third kappa shape index (κ3) is 2.97. The Morgan fingerprint density at radius 3 is 2.35 bits per heavy atom. The lowest BCUT2D eigenvalue weighted by Crippen LogP contribution is -2.09. The molecule has 0 aliphatic heterocycles. The van der Waals surface area contributed by atoms with Gasteiger partial charge in [0.25, 0.3) is 0 Å².